The smallest absolute Gasteiger partial charge is 0.318 e. The number of amides is 3. The molecule has 7 heteroatoms. The van der Waals surface area contributed by atoms with E-state index in [0.29, 0.717) is 5.76 Å². The summed E-state index contributed by atoms with van der Waals surface area (Å²) in [6.07, 6.45) is 1.52. The third-order valence-electron chi connectivity index (χ3n) is 2.74. The fraction of sp³-hybridized carbons (Fsp3) is 0.538. The van der Waals surface area contributed by atoms with Gasteiger partial charge in [0.2, 0.25) is 5.91 Å². The highest BCUT2D eigenvalue weighted by Crippen LogP contribution is 2.06. The van der Waals surface area contributed by atoms with Gasteiger partial charge in [0.1, 0.15) is 11.8 Å². The number of rotatable bonds is 6. The Morgan fingerprint density at radius 2 is 2.15 bits per heavy atom. The maximum atomic E-state index is 12.1. The van der Waals surface area contributed by atoms with Crippen LogP contribution in [0, 0.1) is 0 Å². The van der Waals surface area contributed by atoms with Crippen molar-refractivity contribution in [2.24, 2.45) is 0 Å². The first kappa shape index (κ1) is 16.0. The zero-order chi connectivity index (χ0) is 15.1. The summed E-state index contributed by atoms with van der Waals surface area (Å²) >= 11 is 0. The van der Waals surface area contributed by atoms with Crippen LogP contribution in [-0.4, -0.2) is 60.1 Å². The van der Waals surface area contributed by atoms with Gasteiger partial charge in [-0.1, -0.05) is 0 Å². The van der Waals surface area contributed by atoms with Crippen molar-refractivity contribution in [3.05, 3.63) is 24.2 Å². The molecule has 1 aromatic heterocycles. The number of likely N-dealkylation sites (N-methyl/N-ethyl adjacent to an activating group) is 1. The Kier molecular flexibility index (Phi) is 6.05. The van der Waals surface area contributed by atoms with E-state index in [0.717, 1.165) is 0 Å². The summed E-state index contributed by atoms with van der Waals surface area (Å²) in [6.45, 7) is 1.85. The third kappa shape index (κ3) is 4.58. The molecule has 20 heavy (non-hydrogen) atoms. The molecule has 7 nitrogen and oxygen atoms in total. The summed E-state index contributed by atoms with van der Waals surface area (Å²) in [4.78, 5) is 26.6. The molecular formula is C13H21N3O4. The average molecular weight is 283 g/mol. The molecule has 0 saturated heterocycles. The number of nitrogens with zero attached hydrogens (tertiary/aromatic N) is 2. The van der Waals surface area contributed by atoms with E-state index in [9.17, 15) is 9.59 Å². The molecule has 0 saturated carbocycles. The Morgan fingerprint density at radius 1 is 1.45 bits per heavy atom. The molecule has 1 unspecified atom stereocenters. The Labute approximate surface area is 118 Å². The van der Waals surface area contributed by atoms with Gasteiger partial charge in [-0.2, -0.15) is 0 Å². The molecule has 0 radical (unpaired) electrons. The fourth-order valence-corrected chi connectivity index (χ4v) is 1.69. The Balaban J connectivity index is 2.62. The second-order valence-electron chi connectivity index (χ2n) is 4.63. The van der Waals surface area contributed by atoms with Crippen LogP contribution in [-0.2, 0) is 11.3 Å². The number of furan rings is 1. The number of carbonyl (C=O) groups excluding carboxylic acids is 2. The summed E-state index contributed by atoms with van der Waals surface area (Å²) in [6, 6.07) is 2.42. The van der Waals surface area contributed by atoms with Gasteiger partial charge in [-0.15, -0.1) is 0 Å². The SMILES string of the molecule is CC(NC(=O)N(CCO)Cc1ccco1)C(=O)N(C)C. The third-order valence-corrected chi connectivity index (χ3v) is 2.74. The largest absolute Gasteiger partial charge is 0.467 e. The summed E-state index contributed by atoms with van der Waals surface area (Å²) in [5.41, 5.74) is 0. The lowest BCUT2D eigenvalue weighted by atomic mass is 10.3. The molecule has 2 N–H and O–H groups in total. The van der Waals surface area contributed by atoms with Crippen LogP contribution in [0.5, 0.6) is 0 Å². The Bertz CT molecular complexity index is 431. The first-order valence-corrected chi connectivity index (χ1v) is 6.35. The Morgan fingerprint density at radius 3 is 2.65 bits per heavy atom. The summed E-state index contributed by atoms with van der Waals surface area (Å²) in [7, 11) is 3.25. The minimum absolute atomic E-state index is 0.162. The molecule has 0 bridgehead atoms. The topological polar surface area (TPSA) is 86.0 Å². The highest BCUT2D eigenvalue weighted by molar-refractivity contribution is 5.86. The van der Waals surface area contributed by atoms with Gasteiger partial charge < -0.3 is 24.6 Å². The molecule has 1 rings (SSSR count). The molecule has 0 aliphatic heterocycles. The molecule has 0 aromatic carbocycles. The highest BCUT2D eigenvalue weighted by Gasteiger charge is 2.21. The van der Waals surface area contributed by atoms with Gasteiger partial charge in [-0.25, -0.2) is 4.79 Å². The number of aliphatic hydroxyl groups is 1. The zero-order valence-electron chi connectivity index (χ0n) is 12.0. The second kappa shape index (κ2) is 7.54. The van der Waals surface area contributed by atoms with Crippen molar-refractivity contribution >= 4 is 11.9 Å². The summed E-state index contributed by atoms with van der Waals surface area (Å²) in [5, 5.41) is 11.6. The molecule has 112 valence electrons. The molecule has 0 aliphatic rings. The first-order valence-electron chi connectivity index (χ1n) is 6.35. The normalized spacial score (nSPS) is 11.8. The van der Waals surface area contributed by atoms with Crippen LogP contribution in [0.1, 0.15) is 12.7 Å². The van der Waals surface area contributed by atoms with Gasteiger partial charge in [-0.3, -0.25) is 4.79 Å². The monoisotopic (exact) mass is 283 g/mol. The molecule has 0 fully saturated rings. The van der Waals surface area contributed by atoms with E-state index in [4.69, 9.17) is 9.52 Å². The van der Waals surface area contributed by atoms with Gasteiger partial charge in [0.05, 0.1) is 19.4 Å². The van der Waals surface area contributed by atoms with Crippen molar-refractivity contribution < 1.29 is 19.1 Å². The van der Waals surface area contributed by atoms with Gasteiger partial charge in [0, 0.05) is 20.6 Å². The van der Waals surface area contributed by atoms with E-state index >= 15 is 0 Å². The Hall–Kier alpha value is -2.02. The van der Waals surface area contributed by atoms with Crippen molar-refractivity contribution in [3.63, 3.8) is 0 Å². The van der Waals surface area contributed by atoms with Crippen LogP contribution < -0.4 is 5.32 Å². The van der Waals surface area contributed by atoms with E-state index in [1.165, 1.54) is 16.1 Å². The molecular weight excluding hydrogens is 262 g/mol. The van der Waals surface area contributed by atoms with Gasteiger partial charge in [0.15, 0.2) is 0 Å². The van der Waals surface area contributed by atoms with Crippen LogP contribution >= 0.6 is 0 Å². The lowest BCUT2D eigenvalue weighted by molar-refractivity contribution is -0.130. The number of urea groups is 1. The predicted octanol–water partition coefficient (Wildman–Crippen LogP) is 0.260. The van der Waals surface area contributed by atoms with E-state index in [1.54, 1.807) is 33.2 Å². The summed E-state index contributed by atoms with van der Waals surface area (Å²) < 4.78 is 5.17. The summed E-state index contributed by atoms with van der Waals surface area (Å²) in [5.74, 6) is 0.417. The van der Waals surface area contributed by atoms with Crippen LogP contribution in [0.3, 0.4) is 0 Å². The predicted molar refractivity (Wildman–Crippen MR) is 72.9 cm³/mol. The maximum absolute atomic E-state index is 12.1. The molecule has 1 atom stereocenters. The minimum Gasteiger partial charge on any atom is -0.467 e. The zero-order valence-corrected chi connectivity index (χ0v) is 12.0. The second-order valence-corrected chi connectivity index (χ2v) is 4.63. The van der Waals surface area contributed by atoms with Crippen LogP contribution in [0.4, 0.5) is 4.79 Å². The highest BCUT2D eigenvalue weighted by atomic mass is 16.3. The standard InChI is InChI=1S/C13H21N3O4/c1-10(12(18)15(2)3)14-13(19)16(6-7-17)9-11-5-4-8-20-11/h4-5,8,10,17H,6-7,9H2,1-3H3,(H,14,19). The van der Waals surface area contributed by atoms with Crippen molar-refractivity contribution in [2.45, 2.75) is 19.5 Å². The van der Waals surface area contributed by atoms with E-state index in [-0.39, 0.29) is 25.6 Å². The van der Waals surface area contributed by atoms with E-state index in [2.05, 4.69) is 5.32 Å². The van der Waals surface area contributed by atoms with E-state index in [1.807, 2.05) is 0 Å². The first-order chi connectivity index (χ1) is 9.45. The average Bonchev–Trinajstić information content (AvgIpc) is 2.89. The van der Waals surface area contributed by atoms with Crippen molar-refractivity contribution in [2.75, 3.05) is 27.2 Å². The number of aliphatic hydroxyl groups excluding tert-OH is 1. The van der Waals surface area contributed by atoms with Crippen molar-refractivity contribution in [3.8, 4) is 0 Å². The number of nitrogens with one attached hydrogen (secondary N) is 1. The minimum atomic E-state index is -0.629. The molecule has 0 spiro atoms. The van der Waals surface area contributed by atoms with Gasteiger partial charge >= 0.3 is 6.03 Å². The lowest BCUT2D eigenvalue weighted by Crippen LogP contribution is -2.49. The van der Waals surface area contributed by atoms with E-state index < -0.39 is 12.1 Å². The maximum Gasteiger partial charge on any atom is 0.318 e. The van der Waals surface area contributed by atoms with Gasteiger partial charge in [-0.05, 0) is 19.1 Å². The van der Waals surface area contributed by atoms with Gasteiger partial charge in [0.25, 0.3) is 0 Å². The molecule has 1 aromatic rings. The molecule has 0 aliphatic carbocycles. The van der Waals surface area contributed by atoms with Crippen molar-refractivity contribution in [1.29, 1.82) is 0 Å². The quantitative estimate of drug-likeness (QED) is 0.784. The lowest BCUT2D eigenvalue weighted by Gasteiger charge is -2.24. The number of carbonyl (C=O) groups is 2. The van der Waals surface area contributed by atoms with Crippen LogP contribution in [0.2, 0.25) is 0 Å². The molecule has 3 amide bonds. The van der Waals surface area contributed by atoms with Crippen molar-refractivity contribution in [1.82, 2.24) is 15.1 Å². The van der Waals surface area contributed by atoms with Crippen LogP contribution in [0.15, 0.2) is 22.8 Å². The molecule has 1 heterocycles. The number of hydrogen-bond acceptors (Lipinski definition) is 4. The number of hydrogen-bond donors (Lipinski definition) is 2. The van der Waals surface area contributed by atoms with Crippen LogP contribution in [0.25, 0.3) is 0 Å². The fourth-order valence-electron chi connectivity index (χ4n) is 1.69.